The number of fused-ring (bicyclic) bond motifs is 1. The lowest BCUT2D eigenvalue weighted by molar-refractivity contribution is 0.0691. The number of carboxylic acids is 1. The Hall–Kier alpha value is -4.67. The molecule has 7 nitrogen and oxygen atoms in total. The lowest BCUT2D eigenvalue weighted by Crippen LogP contribution is -2.28. The molecule has 0 radical (unpaired) electrons. The molecule has 5 aromatic carbocycles. The van der Waals surface area contributed by atoms with Gasteiger partial charge in [-0.3, -0.25) is 0 Å². The first-order valence-electron chi connectivity index (χ1n) is 15.9. The zero-order chi connectivity index (χ0) is 35.3. The van der Waals surface area contributed by atoms with Gasteiger partial charge in [-0.1, -0.05) is 102 Å². The van der Waals surface area contributed by atoms with Gasteiger partial charge < -0.3 is 14.4 Å². The van der Waals surface area contributed by atoms with Crippen LogP contribution in [0.3, 0.4) is 0 Å². The van der Waals surface area contributed by atoms with Crippen LogP contribution >= 0.6 is 23.2 Å². The van der Waals surface area contributed by atoms with E-state index in [1.165, 1.54) is 12.1 Å². The Labute approximate surface area is 299 Å². The summed E-state index contributed by atoms with van der Waals surface area (Å²) in [6, 6.07) is 36.0. The van der Waals surface area contributed by atoms with E-state index in [2.05, 4.69) is 33.6 Å². The fourth-order valence-electron chi connectivity index (χ4n) is 6.24. The van der Waals surface area contributed by atoms with E-state index in [-0.39, 0.29) is 30.7 Å². The zero-order valence-electron chi connectivity index (χ0n) is 26.7. The minimum Gasteiger partial charge on any atom is -0.493 e. The van der Waals surface area contributed by atoms with Crippen molar-refractivity contribution in [2.24, 2.45) is 0 Å². The van der Waals surface area contributed by atoms with Crippen molar-refractivity contribution >= 4 is 50.1 Å². The first-order chi connectivity index (χ1) is 24.1. The van der Waals surface area contributed by atoms with Crippen LogP contribution in [-0.4, -0.2) is 37.2 Å². The van der Waals surface area contributed by atoms with E-state index in [1.807, 2.05) is 54.6 Å². The molecule has 6 rings (SSSR count). The van der Waals surface area contributed by atoms with Crippen LogP contribution in [0.15, 0.2) is 121 Å². The lowest BCUT2D eigenvalue weighted by atomic mass is 9.97. The van der Waals surface area contributed by atoms with Crippen molar-refractivity contribution in [1.29, 1.82) is 0 Å². The van der Waals surface area contributed by atoms with E-state index in [0.717, 1.165) is 39.4 Å². The maximum absolute atomic E-state index is 14.4. The molecule has 6 aromatic rings. The Balaban J connectivity index is 1.41. The van der Waals surface area contributed by atoms with Crippen molar-refractivity contribution in [3.8, 4) is 5.75 Å². The number of rotatable bonds is 14. The molecule has 0 atom stereocenters. The largest absolute Gasteiger partial charge is 0.493 e. The van der Waals surface area contributed by atoms with Crippen molar-refractivity contribution in [2.45, 2.75) is 24.6 Å². The second-order valence-corrected chi connectivity index (χ2v) is 14.4. The second kappa shape index (κ2) is 15.5. The standard InChI is InChI=1S/C39H33Cl2FN2O5S/c40-29-15-18-36-33(23-29)31(20-22-49-30-16-17-32(39(45)46)35(42)24-30)37(19-21-43-50(47,48)25-28-13-7-8-14-34(28)41)44(36)38(26-9-3-1-4-10-26)27-11-5-2-6-12-27/h1-18,23-24,38,43H,19-22,25H2,(H,45,46). The maximum atomic E-state index is 14.4. The highest BCUT2D eigenvalue weighted by molar-refractivity contribution is 7.88. The van der Waals surface area contributed by atoms with E-state index in [1.54, 1.807) is 24.3 Å². The number of nitrogens with one attached hydrogen (secondary N) is 1. The van der Waals surface area contributed by atoms with E-state index in [0.29, 0.717) is 28.5 Å². The molecular weight excluding hydrogens is 698 g/mol. The number of benzene rings is 5. The summed E-state index contributed by atoms with van der Waals surface area (Å²) >= 11 is 12.8. The fourth-order valence-corrected chi connectivity index (χ4v) is 7.87. The molecule has 1 heterocycles. The molecule has 0 saturated carbocycles. The highest BCUT2D eigenvalue weighted by Gasteiger charge is 2.26. The van der Waals surface area contributed by atoms with E-state index in [9.17, 15) is 22.7 Å². The Morgan fingerprint density at radius 2 is 1.50 bits per heavy atom. The summed E-state index contributed by atoms with van der Waals surface area (Å²) in [6.07, 6.45) is 0.686. The smallest absolute Gasteiger partial charge is 0.338 e. The topological polar surface area (TPSA) is 97.6 Å². The summed E-state index contributed by atoms with van der Waals surface area (Å²) in [6.45, 7) is 0.229. The number of nitrogens with zero attached hydrogens (tertiary/aromatic N) is 1. The third-order valence-electron chi connectivity index (χ3n) is 8.45. The van der Waals surface area contributed by atoms with E-state index in [4.69, 9.17) is 27.9 Å². The molecule has 0 unspecified atom stereocenters. The van der Waals surface area contributed by atoms with Gasteiger partial charge in [-0.15, -0.1) is 0 Å². The quantitative estimate of drug-likeness (QED) is 0.117. The molecule has 11 heteroatoms. The van der Waals surface area contributed by atoms with Gasteiger partial charge in [0.05, 0.1) is 24.0 Å². The number of halogens is 3. The van der Waals surface area contributed by atoms with Gasteiger partial charge in [0, 0.05) is 52.1 Å². The number of hydrogen-bond donors (Lipinski definition) is 2. The number of hydrogen-bond acceptors (Lipinski definition) is 4. The van der Waals surface area contributed by atoms with Crippen molar-refractivity contribution in [1.82, 2.24) is 9.29 Å². The van der Waals surface area contributed by atoms with Gasteiger partial charge in [0.25, 0.3) is 0 Å². The molecule has 0 aliphatic carbocycles. The molecule has 256 valence electrons. The molecule has 0 aliphatic heterocycles. The van der Waals surface area contributed by atoms with Crippen molar-refractivity contribution in [2.75, 3.05) is 13.2 Å². The summed E-state index contributed by atoms with van der Waals surface area (Å²) < 4.78 is 51.9. The summed E-state index contributed by atoms with van der Waals surface area (Å²) in [7, 11) is -3.75. The number of sulfonamides is 1. The monoisotopic (exact) mass is 730 g/mol. The molecular formula is C39H33Cl2FN2O5S. The van der Waals surface area contributed by atoms with E-state index >= 15 is 0 Å². The molecule has 2 N–H and O–H groups in total. The van der Waals surface area contributed by atoms with Gasteiger partial charge in [0.2, 0.25) is 10.0 Å². The van der Waals surface area contributed by atoms with Crippen LogP contribution in [-0.2, 0) is 28.6 Å². The predicted molar refractivity (Wildman–Crippen MR) is 195 cm³/mol. The summed E-state index contributed by atoms with van der Waals surface area (Å²) in [4.78, 5) is 11.3. The minimum atomic E-state index is -3.75. The SMILES string of the molecule is O=C(O)c1ccc(OCCc2c(CCNS(=O)(=O)Cc3ccccc3Cl)n(C(c3ccccc3)c3ccccc3)c3ccc(Cl)cc23)cc1F. The van der Waals surface area contributed by atoms with Crippen molar-refractivity contribution in [3.63, 3.8) is 0 Å². The molecule has 0 spiro atoms. The van der Waals surface area contributed by atoms with Crippen LogP contribution < -0.4 is 9.46 Å². The van der Waals surface area contributed by atoms with Gasteiger partial charge in [-0.05, 0) is 58.7 Å². The Kier molecular flexibility index (Phi) is 10.9. The molecule has 50 heavy (non-hydrogen) atoms. The molecule has 0 aliphatic rings. The Morgan fingerprint density at radius 1 is 0.840 bits per heavy atom. The average Bonchev–Trinajstić information content (AvgIpc) is 3.38. The lowest BCUT2D eigenvalue weighted by Gasteiger charge is -2.25. The zero-order valence-corrected chi connectivity index (χ0v) is 29.1. The maximum Gasteiger partial charge on any atom is 0.338 e. The molecule has 0 bridgehead atoms. The Morgan fingerprint density at radius 3 is 2.14 bits per heavy atom. The second-order valence-electron chi connectivity index (χ2n) is 11.7. The number of ether oxygens (including phenoxy) is 1. The fraction of sp³-hybridized carbons (Fsp3) is 0.154. The molecule has 0 fully saturated rings. The summed E-state index contributed by atoms with van der Waals surface area (Å²) in [5.41, 5.74) is 4.79. The van der Waals surface area contributed by atoms with E-state index < -0.39 is 27.4 Å². The van der Waals surface area contributed by atoms with Crippen molar-refractivity contribution in [3.05, 3.63) is 171 Å². The van der Waals surface area contributed by atoms with Crippen LogP contribution in [0, 0.1) is 5.82 Å². The molecule has 0 amide bonds. The van der Waals surface area contributed by atoms with Crippen LogP contribution in [0.1, 0.15) is 44.3 Å². The van der Waals surface area contributed by atoms with Crippen LogP contribution in [0.2, 0.25) is 10.0 Å². The van der Waals surface area contributed by atoms with Gasteiger partial charge in [-0.2, -0.15) is 0 Å². The number of carboxylic acid groups (broad SMARTS) is 1. The van der Waals surface area contributed by atoms with Crippen LogP contribution in [0.25, 0.3) is 10.9 Å². The van der Waals surface area contributed by atoms with Gasteiger partial charge >= 0.3 is 5.97 Å². The molecule has 0 saturated heterocycles. The summed E-state index contributed by atoms with van der Waals surface area (Å²) in [5.74, 6) is -2.33. The van der Waals surface area contributed by atoms with Gasteiger partial charge in [-0.25, -0.2) is 22.3 Å². The first kappa shape index (κ1) is 35.2. The first-order valence-corrected chi connectivity index (χ1v) is 18.3. The third-order valence-corrected chi connectivity index (χ3v) is 10.4. The Bertz CT molecular complexity index is 2210. The van der Waals surface area contributed by atoms with Crippen LogP contribution in [0.4, 0.5) is 4.39 Å². The highest BCUT2D eigenvalue weighted by Crippen LogP contribution is 2.38. The highest BCUT2D eigenvalue weighted by atomic mass is 35.5. The minimum absolute atomic E-state index is 0.100. The number of carbonyl (C=O) groups is 1. The van der Waals surface area contributed by atoms with Gasteiger partial charge in [0.15, 0.2) is 0 Å². The molecule has 1 aromatic heterocycles. The average molecular weight is 732 g/mol. The van der Waals surface area contributed by atoms with Crippen LogP contribution in [0.5, 0.6) is 5.75 Å². The normalized spacial score (nSPS) is 11.7. The third kappa shape index (κ3) is 8.03. The predicted octanol–water partition coefficient (Wildman–Crippen LogP) is 8.71. The summed E-state index contributed by atoms with van der Waals surface area (Å²) in [5, 5.41) is 11.0. The number of aromatic nitrogens is 1. The number of aromatic carboxylic acids is 1. The van der Waals surface area contributed by atoms with Crippen molar-refractivity contribution < 1.29 is 27.4 Å². The van der Waals surface area contributed by atoms with Gasteiger partial charge in [0.1, 0.15) is 11.6 Å².